The fourth-order valence-corrected chi connectivity index (χ4v) is 5.23. The molecule has 10 heteroatoms. The summed E-state index contributed by atoms with van der Waals surface area (Å²) in [7, 11) is 0. The van der Waals surface area contributed by atoms with Gasteiger partial charge in [-0.25, -0.2) is 13.6 Å². The normalized spacial score (nSPS) is 24.1. The molecule has 33 heavy (non-hydrogen) atoms. The molecule has 0 bridgehead atoms. The zero-order chi connectivity index (χ0) is 24.6. The number of urea groups is 1. The molecule has 1 saturated heterocycles. The molecule has 2 N–H and O–H groups in total. The van der Waals surface area contributed by atoms with E-state index < -0.39 is 59.7 Å². The van der Waals surface area contributed by atoms with E-state index in [9.17, 15) is 28.0 Å². The van der Waals surface area contributed by atoms with Gasteiger partial charge in [-0.3, -0.25) is 19.3 Å². The van der Waals surface area contributed by atoms with Gasteiger partial charge in [0.2, 0.25) is 11.8 Å². The molecule has 1 heterocycles. The molecule has 2 aliphatic rings. The number of carbonyl (C=O) groups excluding carboxylic acids is 4. The van der Waals surface area contributed by atoms with Crippen molar-refractivity contribution in [2.24, 2.45) is 11.3 Å². The smallest absolute Gasteiger partial charge is 0.325 e. The molecule has 2 atom stereocenters. The monoisotopic (exact) mass is 464 g/mol. The molecule has 2 unspecified atom stereocenters. The summed E-state index contributed by atoms with van der Waals surface area (Å²) in [6, 6.07) is 2.54. The van der Waals surface area contributed by atoms with Crippen LogP contribution in [-0.2, 0) is 14.4 Å². The van der Waals surface area contributed by atoms with Gasteiger partial charge in [0.1, 0.15) is 29.4 Å². The Balaban J connectivity index is 1.67. The van der Waals surface area contributed by atoms with E-state index in [1.54, 1.807) is 6.92 Å². The van der Waals surface area contributed by atoms with Gasteiger partial charge in [0.25, 0.3) is 5.91 Å². The first kappa shape index (κ1) is 24.6. The predicted molar refractivity (Wildman–Crippen MR) is 117 cm³/mol. The lowest BCUT2D eigenvalue weighted by Gasteiger charge is -2.43. The van der Waals surface area contributed by atoms with Gasteiger partial charge in [0.15, 0.2) is 0 Å². The van der Waals surface area contributed by atoms with E-state index in [0.29, 0.717) is 12.8 Å². The molecule has 1 aliphatic heterocycles. The fraction of sp³-hybridized carbons (Fsp3) is 0.565. The second kappa shape index (κ2) is 9.07. The Labute approximate surface area is 191 Å². The second-order valence-electron chi connectivity index (χ2n) is 9.81. The van der Waals surface area contributed by atoms with Gasteiger partial charge >= 0.3 is 6.03 Å². The largest absolute Gasteiger partial charge is 0.332 e. The lowest BCUT2D eigenvalue weighted by atomic mass is 9.64. The summed E-state index contributed by atoms with van der Waals surface area (Å²) < 4.78 is 27.6. The molecule has 1 aliphatic carbocycles. The van der Waals surface area contributed by atoms with Crippen LogP contribution in [0, 0.1) is 23.0 Å². The molecule has 1 saturated carbocycles. The molecule has 0 radical (unpaired) electrons. The van der Waals surface area contributed by atoms with Crippen LogP contribution >= 0.6 is 0 Å². The molecule has 5 amide bonds. The van der Waals surface area contributed by atoms with Crippen LogP contribution in [-0.4, -0.2) is 58.7 Å². The summed E-state index contributed by atoms with van der Waals surface area (Å²) in [5.41, 5.74) is -1.78. The van der Waals surface area contributed by atoms with Crippen LogP contribution in [0.15, 0.2) is 18.2 Å². The van der Waals surface area contributed by atoms with Gasteiger partial charge in [0, 0.05) is 6.54 Å². The van der Waals surface area contributed by atoms with Crippen molar-refractivity contribution in [3.8, 4) is 0 Å². The summed E-state index contributed by atoms with van der Waals surface area (Å²) in [4.78, 5) is 53.0. The highest BCUT2D eigenvalue weighted by molar-refractivity contribution is 6.09. The van der Waals surface area contributed by atoms with Crippen LogP contribution < -0.4 is 10.6 Å². The Kier molecular flexibility index (Phi) is 6.76. The Hall–Kier alpha value is -3.04. The van der Waals surface area contributed by atoms with Crippen LogP contribution in [0.1, 0.15) is 47.0 Å². The first-order chi connectivity index (χ1) is 15.4. The topological polar surface area (TPSA) is 98.8 Å². The minimum atomic E-state index is -1.03. The van der Waals surface area contributed by atoms with E-state index in [4.69, 9.17) is 0 Å². The summed E-state index contributed by atoms with van der Waals surface area (Å²) >= 11 is 0. The van der Waals surface area contributed by atoms with Gasteiger partial charge in [-0.05, 0) is 49.7 Å². The number of anilines is 1. The quantitative estimate of drug-likeness (QED) is 0.633. The van der Waals surface area contributed by atoms with Crippen molar-refractivity contribution in [2.45, 2.75) is 52.5 Å². The summed E-state index contributed by atoms with van der Waals surface area (Å²) in [5, 5.41) is 4.93. The van der Waals surface area contributed by atoms with Crippen LogP contribution in [0.4, 0.5) is 19.3 Å². The van der Waals surface area contributed by atoms with Crippen molar-refractivity contribution in [1.29, 1.82) is 0 Å². The van der Waals surface area contributed by atoms with Crippen LogP contribution in [0.25, 0.3) is 0 Å². The third-order valence-electron chi connectivity index (χ3n) is 6.21. The van der Waals surface area contributed by atoms with Gasteiger partial charge in [-0.15, -0.1) is 0 Å². The molecule has 1 spiro atoms. The molecule has 180 valence electrons. The highest BCUT2D eigenvalue weighted by atomic mass is 19.1. The average Bonchev–Trinajstić information content (AvgIpc) is 2.90. The SMILES string of the molecule is CCN(CC(=O)Nc1c(F)cccc1F)C(=O)CN1C(=O)NC2(CC(C)CC(C)(C)C2)C1=O. The number of likely N-dealkylation sites (N-methyl/N-ethyl adjacent to an activating group) is 1. The number of rotatable bonds is 6. The van der Waals surface area contributed by atoms with Crippen molar-refractivity contribution in [1.82, 2.24) is 15.1 Å². The van der Waals surface area contributed by atoms with E-state index in [1.807, 2.05) is 20.8 Å². The number of imide groups is 1. The Morgan fingerprint density at radius 3 is 2.42 bits per heavy atom. The molecular weight excluding hydrogens is 434 g/mol. The van der Waals surface area contributed by atoms with Gasteiger partial charge in [-0.1, -0.05) is 26.8 Å². The van der Waals surface area contributed by atoms with Crippen molar-refractivity contribution in [3.63, 3.8) is 0 Å². The summed E-state index contributed by atoms with van der Waals surface area (Å²) in [6.07, 6.45) is 1.91. The third-order valence-corrected chi connectivity index (χ3v) is 6.21. The zero-order valence-electron chi connectivity index (χ0n) is 19.3. The van der Waals surface area contributed by atoms with Gasteiger partial charge in [0.05, 0.1) is 6.54 Å². The predicted octanol–water partition coefficient (Wildman–Crippen LogP) is 2.89. The summed E-state index contributed by atoms with van der Waals surface area (Å²) in [5.74, 6) is -3.51. The fourth-order valence-electron chi connectivity index (χ4n) is 5.23. The number of para-hydroxylation sites is 1. The average molecular weight is 465 g/mol. The number of nitrogens with zero attached hydrogens (tertiary/aromatic N) is 2. The Morgan fingerprint density at radius 1 is 1.21 bits per heavy atom. The van der Waals surface area contributed by atoms with Gasteiger partial charge < -0.3 is 15.5 Å². The number of amides is 5. The first-order valence-corrected chi connectivity index (χ1v) is 11.0. The maximum atomic E-state index is 13.8. The molecule has 3 rings (SSSR count). The summed E-state index contributed by atoms with van der Waals surface area (Å²) in [6.45, 7) is 6.85. The number of hydrogen-bond acceptors (Lipinski definition) is 4. The van der Waals surface area contributed by atoms with E-state index in [2.05, 4.69) is 10.6 Å². The third kappa shape index (κ3) is 5.15. The Morgan fingerprint density at radius 2 is 1.85 bits per heavy atom. The molecule has 2 fully saturated rings. The van der Waals surface area contributed by atoms with E-state index in [1.165, 1.54) is 6.07 Å². The lowest BCUT2D eigenvalue weighted by Crippen LogP contribution is -2.54. The highest BCUT2D eigenvalue weighted by Gasteiger charge is 2.56. The van der Waals surface area contributed by atoms with E-state index in [0.717, 1.165) is 28.4 Å². The second-order valence-corrected chi connectivity index (χ2v) is 9.81. The Bertz CT molecular complexity index is 963. The molecule has 0 aromatic heterocycles. The number of halogens is 2. The lowest BCUT2D eigenvalue weighted by molar-refractivity contribution is -0.141. The maximum absolute atomic E-state index is 13.8. The van der Waals surface area contributed by atoms with E-state index >= 15 is 0 Å². The van der Waals surface area contributed by atoms with Crippen molar-refractivity contribution < 1.29 is 28.0 Å². The zero-order valence-corrected chi connectivity index (χ0v) is 19.3. The standard InChI is InChI=1S/C23H30F2N4O4/c1-5-28(11-17(30)26-19-15(24)7-6-8-16(19)25)18(31)12-29-20(32)23(27-21(29)33)10-14(2)9-22(3,4)13-23/h6-8,14H,5,9-13H2,1-4H3,(H,26,30)(H,27,33). The molecular formula is C23H30F2N4O4. The minimum absolute atomic E-state index is 0.102. The highest BCUT2D eigenvalue weighted by Crippen LogP contribution is 2.46. The van der Waals surface area contributed by atoms with Crippen molar-refractivity contribution >= 4 is 29.4 Å². The molecule has 1 aromatic rings. The van der Waals surface area contributed by atoms with E-state index in [-0.39, 0.29) is 17.9 Å². The first-order valence-electron chi connectivity index (χ1n) is 11.0. The molecule has 8 nitrogen and oxygen atoms in total. The van der Waals surface area contributed by atoms with Crippen LogP contribution in [0.2, 0.25) is 0 Å². The van der Waals surface area contributed by atoms with Crippen molar-refractivity contribution in [2.75, 3.05) is 25.0 Å². The van der Waals surface area contributed by atoms with Crippen molar-refractivity contribution in [3.05, 3.63) is 29.8 Å². The van der Waals surface area contributed by atoms with Crippen LogP contribution in [0.3, 0.4) is 0 Å². The maximum Gasteiger partial charge on any atom is 0.325 e. The number of hydrogen-bond donors (Lipinski definition) is 2. The number of benzene rings is 1. The van der Waals surface area contributed by atoms with Crippen LogP contribution in [0.5, 0.6) is 0 Å². The van der Waals surface area contributed by atoms with Gasteiger partial charge in [-0.2, -0.15) is 0 Å². The minimum Gasteiger partial charge on any atom is -0.332 e. The number of carbonyl (C=O) groups is 4. The number of nitrogens with one attached hydrogen (secondary N) is 2. The molecule has 1 aromatic carbocycles.